The van der Waals surface area contributed by atoms with Crippen molar-refractivity contribution < 1.29 is 46.1 Å². The molecule has 1 heterocycles. The monoisotopic (exact) mass is 507 g/mol. The maximum absolute atomic E-state index is 14.1. The van der Waals surface area contributed by atoms with Crippen LogP contribution in [0.2, 0.25) is 0 Å². The fourth-order valence-electron chi connectivity index (χ4n) is 4.19. The quantitative estimate of drug-likeness (QED) is 0.323. The van der Waals surface area contributed by atoms with Crippen molar-refractivity contribution in [3.8, 4) is 5.75 Å². The first-order valence-corrected chi connectivity index (χ1v) is 11.0. The van der Waals surface area contributed by atoms with E-state index < -0.39 is 58.5 Å². The van der Waals surface area contributed by atoms with Crippen molar-refractivity contribution in [3.63, 3.8) is 0 Å². The summed E-state index contributed by atoms with van der Waals surface area (Å²) in [6.45, 7) is 6.35. The van der Waals surface area contributed by atoms with E-state index in [2.05, 4.69) is 0 Å². The first-order chi connectivity index (χ1) is 15.7. The van der Waals surface area contributed by atoms with Gasteiger partial charge in [0.2, 0.25) is 6.10 Å². The highest BCUT2D eigenvalue weighted by Crippen LogP contribution is 2.65. The van der Waals surface area contributed by atoms with Crippen LogP contribution in [0.15, 0.2) is 24.3 Å². The summed E-state index contributed by atoms with van der Waals surface area (Å²) in [5.74, 6) is -1.40. The Kier molecular flexibility index (Phi) is 7.03. The van der Waals surface area contributed by atoms with Crippen molar-refractivity contribution in [3.05, 3.63) is 30.1 Å². The van der Waals surface area contributed by atoms with Gasteiger partial charge >= 0.3 is 23.5 Å². The molecule has 2 aliphatic rings. The SMILES string of the molecule is CCOC(=O)[C@@H]1C[C@]2([C@@H](OC(=S)Oc3ccc(F)cc3)C(F)(F)F)C[C@@H]2N1C(=O)OC(C)(C)C. The molecule has 7 nitrogen and oxygen atoms in total. The number of halogens is 4. The predicted molar refractivity (Wildman–Crippen MR) is 115 cm³/mol. The molecule has 1 aliphatic carbocycles. The van der Waals surface area contributed by atoms with Crippen molar-refractivity contribution in [2.45, 2.75) is 70.5 Å². The number of hydrogen-bond donors (Lipinski definition) is 0. The standard InChI is InChI=1S/C22H25F4NO6S/c1-5-30-16(28)14-10-21(11-15(21)27(14)18(29)33-20(2,3)4)17(22(24,25)26)32-19(34)31-13-8-6-12(23)7-9-13/h6-9,14-15,17H,5,10-11H2,1-4H3/t14-,15-,17+,21-/m0/s1. The molecule has 34 heavy (non-hydrogen) atoms. The van der Waals surface area contributed by atoms with E-state index in [9.17, 15) is 27.2 Å². The van der Waals surface area contributed by atoms with Crippen molar-refractivity contribution in [2.75, 3.05) is 6.61 Å². The van der Waals surface area contributed by atoms with Crippen LogP contribution in [-0.2, 0) is 19.0 Å². The van der Waals surface area contributed by atoms with E-state index in [0.717, 1.165) is 17.0 Å². The number of rotatable bonds is 5. The number of esters is 1. The predicted octanol–water partition coefficient (Wildman–Crippen LogP) is 4.77. The number of nitrogens with zero attached hydrogens (tertiary/aromatic N) is 1. The topological polar surface area (TPSA) is 74.3 Å². The van der Waals surface area contributed by atoms with Crippen molar-refractivity contribution >= 4 is 29.5 Å². The summed E-state index contributed by atoms with van der Waals surface area (Å²) in [6, 6.07) is 2.22. The van der Waals surface area contributed by atoms with E-state index in [-0.39, 0.29) is 25.2 Å². The second-order valence-corrected chi connectivity index (χ2v) is 9.49. The third kappa shape index (κ3) is 5.53. The van der Waals surface area contributed by atoms with Gasteiger partial charge in [0, 0.05) is 23.7 Å². The van der Waals surface area contributed by atoms with Crippen LogP contribution in [0, 0.1) is 11.2 Å². The van der Waals surface area contributed by atoms with Crippen LogP contribution in [0.4, 0.5) is 22.4 Å². The second kappa shape index (κ2) is 9.20. The minimum absolute atomic E-state index is 0.00997. The van der Waals surface area contributed by atoms with E-state index in [0.29, 0.717) is 0 Å². The van der Waals surface area contributed by atoms with Crippen LogP contribution in [0.1, 0.15) is 40.5 Å². The van der Waals surface area contributed by atoms with Gasteiger partial charge in [-0.15, -0.1) is 0 Å². The Bertz CT molecular complexity index is 948. The Morgan fingerprint density at radius 1 is 1.18 bits per heavy atom. The summed E-state index contributed by atoms with van der Waals surface area (Å²) >= 11 is 4.86. The Morgan fingerprint density at radius 2 is 1.79 bits per heavy atom. The summed E-state index contributed by atoms with van der Waals surface area (Å²) in [5.41, 5.74) is -2.57. The van der Waals surface area contributed by atoms with Gasteiger partial charge < -0.3 is 18.9 Å². The van der Waals surface area contributed by atoms with Crippen LogP contribution < -0.4 is 4.74 Å². The van der Waals surface area contributed by atoms with Crippen LogP contribution >= 0.6 is 12.2 Å². The molecule has 1 aromatic rings. The van der Waals surface area contributed by atoms with Gasteiger partial charge in [-0.3, -0.25) is 4.90 Å². The Hall–Kier alpha value is -2.63. The van der Waals surface area contributed by atoms with E-state index in [4.69, 9.17) is 31.2 Å². The minimum Gasteiger partial charge on any atom is -0.464 e. The van der Waals surface area contributed by atoms with Crippen molar-refractivity contribution in [1.82, 2.24) is 4.90 Å². The summed E-state index contributed by atoms with van der Waals surface area (Å²) < 4.78 is 76.0. The van der Waals surface area contributed by atoms with E-state index >= 15 is 0 Å². The molecular weight excluding hydrogens is 482 g/mol. The molecule has 1 aliphatic heterocycles. The molecule has 0 radical (unpaired) electrons. The number of amides is 1. The number of carbonyl (C=O) groups excluding carboxylic acids is 2. The fourth-order valence-corrected chi connectivity index (χ4v) is 4.39. The van der Waals surface area contributed by atoms with E-state index in [1.807, 2.05) is 0 Å². The lowest BCUT2D eigenvalue weighted by molar-refractivity contribution is -0.221. The molecule has 1 aromatic carbocycles. The molecule has 2 fully saturated rings. The summed E-state index contributed by atoms with van der Waals surface area (Å²) in [6.07, 6.45) is -8.69. The summed E-state index contributed by atoms with van der Waals surface area (Å²) in [5, 5.41) is -0.822. The average Bonchev–Trinajstić information content (AvgIpc) is 3.30. The van der Waals surface area contributed by atoms with Crippen LogP contribution in [0.5, 0.6) is 5.75 Å². The zero-order chi connectivity index (χ0) is 25.5. The van der Waals surface area contributed by atoms with Crippen molar-refractivity contribution in [1.29, 1.82) is 0 Å². The third-order valence-electron chi connectivity index (χ3n) is 5.53. The van der Waals surface area contributed by atoms with Gasteiger partial charge in [0.05, 0.1) is 6.61 Å². The molecule has 1 saturated heterocycles. The van der Waals surface area contributed by atoms with E-state index in [1.54, 1.807) is 27.7 Å². The number of fused-ring (bicyclic) bond motifs is 1. The first-order valence-electron chi connectivity index (χ1n) is 10.6. The largest absolute Gasteiger partial charge is 0.464 e. The molecule has 0 N–H and O–H groups in total. The highest BCUT2D eigenvalue weighted by atomic mass is 32.1. The second-order valence-electron chi connectivity index (χ2n) is 9.16. The number of carbonyl (C=O) groups is 2. The van der Waals surface area contributed by atoms with Crippen LogP contribution in [0.3, 0.4) is 0 Å². The molecule has 0 bridgehead atoms. The molecule has 0 unspecified atom stereocenters. The minimum atomic E-state index is -4.89. The highest BCUT2D eigenvalue weighted by molar-refractivity contribution is 7.79. The molecule has 3 rings (SSSR count). The maximum atomic E-state index is 14.1. The smallest absolute Gasteiger partial charge is 0.426 e. The average molecular weight is 508 g/mol. The number of ether oxygens (including phenoxy) is 4. The molecule has 188 valence electrons. The van der Waals surface area contributed by atoms with Gasteiger partial charge in [-0.2, -0.15) is 13.2 Å². The Balaban J connectivity index is 1.85. The molecule has 1 amide bonds. The van der Waals surface area contributed by atoms with Gasteiger partial charge in [0.1, 0.15) is 23.2 Å². The Labute approximate surface area is 199 Å². The van der Waals surface area contributed by atoms with E-state index in [1.165, 1.54) is 12.1 Å². The fraction of sp³-hybridized carbons (Fsp3) is 0.591. The lowest BCUT2D eigenvalue weighted by Gasteiger charge is -2.29. The van der Waals surface area contributed by atoms with Crippen LogP contribution in [0.25, 0.3) is 0 Å². The zero-order valence-corrected chi connectivity index (χ0v) is 19.8. The third-order valence-corrected chi connectivity index (χ3v) is 5.71. The van der Waals surface area contributed by atoms with Gasteiger partial charge in [0.25, 0.3) is 0 Å². The highest BCUT2D eigenvalue weighted by Gasteiger charge is 2.77. The van der Waals surface area contributed by atoms with Crippen LogP contribution in [-0.4, -0.2) is 58.8 Å². The Morgan fingerprint density at radius 3 is 2.32 bits per heavy atom. The lowest BCUT2D eigenvalue weighted by Crippen LogP contribution is -2.46. The molecule has 0 aromatic heterocycles. The first kappa shape index (κ1) is 26.0. The van der Waals surface area contributed by atoms with Gasteiger partial charge in [-0.1, -0.05) is 0 Å². The molecule has 12 heteroatoms. The number of thiocarbonyl (C=S) groups is 1. The van der Waals surface area contributed by atoms with Crippen molar-refractivity contribution in [2.24, 2.45) is 5.41 Å². The zero-order valence-electron chi connectivity index (χ0n) is 19.0. The molecule has 1 saturated carbocycles. The normalized spacial score (nSPS) is 24.6. The van der Waals surface area contributed by atoms with Gasteiger partial charge in [-0.05, 0) is 64.8 Å². The number of likely N-dealkylation sites (tertiary alicyclic amines) is 1. The van der Waals surface area contributed by atoms with Gasteiger partial charge in [-0.25, -0.2) is 14.0 Å². The van der Waals surface area contributed by atoms with Gasteiger partial charge in [0.15, 0.2) is 0 Å². The number of hydrogen-bond acceptors (Lipinski definition) is 7. The number of benzene rings is 1. The summed E-state index contributed by atoms with van der Waals surface area (Å²) in [4.78, 5) is 26.3. The number of alkyl halides is 3. The summed E-state index contributed by atoms with van der Waals surface area (Å²) in [7, 11) is 0. The molecular formula is C22H25F4NO6S. The molecule has 4 atom stereocenters. The lowest BCUT2D eigenvalue weighted by atomic mass is 9.92. The number of piperidine rings is 1. The maximum Gasteiger partial charge on any atom is 0.426 e. The molecule has 0 spiro atoms.